The number of amides is 5. The maximum atomic E-state index is 12.9. The van der Waals surface area contributed by atoms with Gasteiger partial charge in [-0.1, -0.05) is 174 Å². The second kappa shape index (κ2) is 41.4. The maximum Gasteiger partial charge on any atom is 0.416 e. The molecule has 7 N–H and O–H groups in total. The smallest absolute Gasteiger partial charge is 0.416 e. The van der Waals surface area contributed by atoms with Gasteiger partial charge in [0.05, 0.1) is 52.7 Å². The number of alkyl halides is 6. The second-order valence-corrected chi connectivity index (χ2v) is 53.3. The molecule has 0 bridgehead atoms. The number of carbonyl (C=O) groups is 6. The Kier molecular flexibility index (Phi) is 34.8. The highest BCUT2D eigenvalue weighted by Crippen LogP contribution is 2.45. The number of carboxylic acids is 1. The molecule has 1 aliphatic carbocycles. The third kappa shape index (κ3) is 26.6. The number of rotatable bonds is 20. The number of aromatic nitrogens is 5. The minimum absolute atomic E-state index is 0.0160. The molecule has 0 saturated heterocycles. The highest BCUT2D eigenvalue weighted by atomic mass is 35.5. The van der Waals surface area contributed by atoms with E-state index in [-0.39, 0.29) is 71.4 Å². The van der Waals surface area contributed by atoms with E-state index in [1.54, 1.807) is 47.8 Å². The lowest BCUT2D eigenvalue weighted by molar-refractivity contribution is -0.142. The summed E-state index contributed by atoms with van der Waals surface area (Å²) < 4.78 is 206. The third-order valence-corrected chi connectivity index (χ3v) is 36.3. The fourth-order valence-corrected chi connectivity index (χ4v) is 22.0. The van der Waals surface area contributed by atoms with Crippen LogP contribution in [0.4, 0.5) is 48.2 Å². The van der Waals surface area contributed by atoms with Gasteiger partial charge in [-0.3, -0.25) is 28.8 Å². The molecule has 0 unspecified atom stereocenters. The number of hydrogen-bond donors (Lipinski definition) is 6. The van der Waals surface area contributed by atoms with Gasteiger partial charge in [0.1, 0.15) is 30.5 Å². The number of halogens is 7. The molecule has 5 amide bonds. The fraction of sp³-hybridized carbons (Fsp3) is 0.433. The van der Waals surface area contributed by atoms with Crippen molar-refractivity contribution in [2.24, 2.45) is 5.73 Å². The number of primary amides is 1. The number of benzene rings is 5. The molecule has 10 aromatic rings. The largest absolute Gasteiger partial charge is 0.480 e. The molecule has 11 rings (SSSR count). The number of nitrogens with zero attached hydrogens (tertiary/aromatic N) is 5. The van der Waals surface area contributed by atoms with Crippen LogP contribution in [0.3, 0.4) is 0 Å². The van der Waals surface area contributed by atoms with Crippen LogP contribution in [0.25, 0.3) is 0 Å². The van der Waals surface area contributed by atoms with E-state index in [1.165, 1.54) is 105 Å². The first-order valence-corrected chi connectivity index (χ1v) is 51.2. The van der Waals surface area contributed by atoms with Crippen molar-refractivity contribution in [3.05, 3.63) is 211 Å². The molecular weight excluding hydrogens is 1930 g/mol. The highest BCUT2D eigenvalue weighted by Gasteiger charge is 2.56. The quantitative estimate of drug-likeness (QED) is 0.0386. The number of thiazole rings is 3. The number of nitrogens with two attached hydrogens (primary N) is 1. The molecule has 1 saturated carbocycles. The second-order valence-electron chi connectivity index (χ2n) is 37.9. The van der Waals surface area contributed by atoms with Gasteiger partial charge in [-0.15, -0.1) is 34.0 Å². The first kappa shape index (κ1) is 113. The Hall–Kier alpha value is -10.2. The predicted molar refractivity (Wildman–Crippen MR) is 504 cm³/mol. The topological polar surface area (TPSA) is 458 Å². The third-order valence-electron chi connectivity index (χ3n) is 20.8. The number of hydrogen-bond acceptors (Lipinski definition) is 26. The highest BCUT2D eigenvalue weighted by molar-refractivity contribution is 7.95. The average Bonchev–Trinajstić information content (AvgIpc) is 0.954. The summed E-state index contributed by atoms with van der Waals surface area (Å²) in [7, 11) is -20.3. The minimum atomic E-state index is -4.71. The summed E-state index contributed by atoms with van der Waals surface area (Å²) in [5.41, 5.74) is 4.44. The summed E-state index contributed by atoms with van der Waals surface area (Å²) in [4.78, 5) is 85.4. The van der Waals surface area contributed by atoms with Crippen LogP contribution in [0.1, 0.15) is 233 Å². The fourth-order valence-electron chi connectivity index (χ4n) is 11.4. The van der Waals surface area contributed by atoms with Crippen molar-refractivity contribution in [2.45, 2.75) is 273 Å². The summed E-state index contributed by atoms with van der Waals surface area (Å²) in [6, 6.07) is 31.2. The zero-order valence-corrected chi connectivity index (χ0v) is 85.4. The van der Waals surface area contributed by atoms with Crippen LogP contribution in [-0.4, -0.2) is 132 Å². The zero-order valence-electron chi connectivity index (χ0n) is 78.2. The van der Waals surface area contributed by atoms with Gasteiger partial charge in [0.15, 0.2) is 80.8 Å². The van der Waals surface area contributed by atoms with Crippen molar-refractivity contribution in [1.29, 1.82) is 0 Å². The van der Waals surface area contributed by atoms with E-state index in [4.69, 9.17) is 31.5 Å². The molecule has 5 aromatic carbocycles. The summed E-state index contributed by atoms with van der Waals surface area (Å²) in [6.45, 7) is 41.6. The first-order valence-electron chi connectivity index (χ1n) is 40.8. The molecular formula is C90H111ClF6N10O19S8. The summed E-state index contributed by atoms with van der Waals surface area (Å²) in [6.07, 6.45) is -8.43. The van der Waals surface area contributed by atoms with Gasteiger partial charge in [0, 0.05) is 54.5 Å². The van der Waals surface area contributed by atoms with Gasteiger partial charge in [0.25, 0.3) is 5.91 Å². The van der Waals surface area contributed by atoms with E-state index in [2.05, 4.69) is 67.3 Å². The monoisotopic (exact) mass is 2040 g/mol. The lowest BCUT2D eigenvalue weighted by Crippen LogP contribution is -2.51. The molecule has 5 aromatic heterocycles. The number of aryl methyl sites for hydroxylation is 1. The van der Waals surface area contributed by atoms with Gasteiger partial charge in [0.2, 0.25) is 23.6 Å². The Balaban J connectivity index is 0.000000251. The maximum absolute atomic E-state index is 12.9. The molecule has 0 aliphatic heterocycles. The van der Waals surface area contributed by atoms with E-state index < -0.39 is 142 Å². The van der Waals surface area contributed by atoms with Crippen LogP contribution in [0, 0.1) is 6.92 Å². The number of anilines is 4. The number of aliphatic carboxylic acids is 1. The predicted octanol–water partition coefficient (Wildman–Crippen LogP) is 19.6. The number of nitrogens with one attached hydrogen (secondary N) is 4. The first-order chi connectivity index (χ1) is 60.8. The Labute approximate surface area is 794 Å². The number of carboxylic acid groups (broad SMARTS) is 1. The van der Waals surface area contributed by atoms with Crippen molar-refractivity contribution in [2.75, 3.05) is 21.3 Å². The lowest BCUT2D eigenvalue weighted by atomic mass is 9.84. The number of sulfone groups is 5. The van der Waals surface area contributed by atoms with Crippen LogP contribution in [0.15, 0.2) is 190 Å². The summed E-state index contributed by atoms with van der Waals surface area (Å²) in [5, 5.41) is 31.7. The van der Waals surface area contributed by atoms with E-state index in [0.29, 0.717) is 45.2 Å². The molecule has 44 heteroatoms. The molecule has 0 spiro atoms. The van der Waals surface area contributed by atoms with Gasteiger partial charge in [-0.25, -0.2) is 57.0 Å². The minimum Gasteiger partial charge on any atom is -0.480 e. The standard InChI is InChI=1S/C18H21F3N2O4S.C18H21F3N2O3S2.C17H22N2O4S.C17H22N2O3S2.C11H11ClO4S.C9H14N2OS/c1-16(2,3)13-10-14(23-27-13)22-15(24)17(4,5)28(25,26)12-8-6-7-11(9-12)18(19,20)21;1-16(2,3)13-10-27-15(22-13)23-14(24)17(4,5)28(25,26)12-8-6-7-11(9-12)18(19,20)21;1-16(2,3)13-11-14(19-23-13)18-15(20)17(4,5)24(21,22)12-9-7-6-8-10-12;1-16(2,3)13-11-23-15(18-13)19-14(20)17(4,5)24(21,22)12-9-7-6-8-10-12;12-8-2-4-9(5-3-8)17(15,16)11(10(13)14)6-1-7-11;1-5-6(9(2,3)4)13-8(11-5)7(10)12/h2*6-10H,1-5H3,(H,22,23,24);2*6-11H,1-5H3,(H,18,19,20);2-5H,1,6-7H2,(H,13,14);1-4H3,(H2,10,12). The molecule has 0 atom stereocenters. The molecule has 732 valence electrons. The Bertz CT molecular complexity index is 6210. The lowest BCUT2D eigenvalue weighted by Gasteiger charge is -2.36. The molecule has 134 heavy (non-hydrogen) atoms. The van der Waals surface area contributed by atoms with Gasteiger partial charge in [-0.05, 0) is 172 Å². The average molecular weight is 2040 g/mol. The van der Waals surface area contributed by atoms with E-state index in [9.17, 15) is 97.2 Å². The van der Waals surface area contributed by atoms with Crippen LogP contribution in [0.5, 0.6) is 0 Å². The van der Waals surface area contributed by atoms with Gasteiger partial charge >= 0.3 is 18.3 Å². The Morgan fingerprint density at radius 3 is 0.993 bits per heavy atom. The van der Waals surface area contributed by atoms with Gasteiger partial charge < -0.3 is 41.2 Å². The normalized spacial score (nSPS) is 13.7. The molecule has 1 aliphatic rings. The SMILES string of the molecule is CC(C)(C)c1cc(NC(=O)C(C)(C)S(=O)(=O)c2cccc(C(F)(F)F)c2)no1.CC(C)(C)c1cc(NC(=O)C(C)(C)S(=O)(=O)c2ccccc2)no1.CC(C)(C)c1csc(NC(=O)C(C)(C)S(=O)(=O)c2cccc(C(F)(F)F)c2)n1.CC(C)(C)c1csc(NC(=O)C(C)(C)S(=O)(=O)c2ccccc2)n1.Cc1nc(C(N)=O)sc1C(C)(C)C.O=C(O)C1(S(=O)(=O)c2ccc(Cl)cc2)CCC1. The Morgan fingerprint density at radius 2 is 0.739 bits per heavy atom. The van der Waals surface area contributed by atoms with Gasteiger partial charge in [-0.2, -0.15) is 26.3 Å². The summed E-state index contributed by atoms with van der Waals surface area (Å²) >= 11 is 9.50. The van der Waals surface area contributed by atoms with Crippen LogP contribution < -0.4 is 27.0 Å². The zero-order chi connectivity index (χ0) is 102. The molecule has 29 nitrogen and oxygen atoms in total. The van der Waals surface area contributed by atoms with E-state index in [0.717, 1.165) is 97.4 Å². The van der Waals surface area contributed by atoms with Crippen molar-refractivity contribution in [1.82, 2.24) is 25.3 Å². The van der Waals surface area contributed by atoms with Crippen LogP contribution in [0.2, 0.25) is 5.02 Å². The van der Waals surface area contributed by atoms with E-state index in [1.807, 2.05) is 95.4 Å². The molecule has 5 heterocycles. The van der Waals surface area contributed by atoms with Crippen LogP contribution >= 0.6 is 45.6 Å². The van der Waals surface area contributed by atoms with Crippen molar-refractivity contribution >= 4 is 152 Å². The van der Waals surface area contributed by atoms with Crippen LogP contribution in [-0.2, 0) is 113 Å². The molecule has 0 radical (unpaired) electrons. The summed E-state index contributed by atoms with van der Waals surface area (Å²) in [5.74, 6) is -3.51. The Morgan fingerprint density at radius 1 is 0.418 bits per heavy atom. The molecule has 1 fully saturated rings. The van der Waals surface area contributed by atoms with Crippen molar-refractivity contribution in [3.63, 3.8) is 0 Å². The van der Waals surface area contributed by atoms with Crippen molar-refractivity contribution < 1.29 is 111 Å². The van der Waals surface area contributed by atoms with E-state index >= 15 is 0 Å². The van der Waals surface area contributed by atoms with Crippen molar-refractivity contribution in [3.8, 4) is 0 Å². The number of carbonyl (C=O) groups excluding carboxylic acids is 5.